The van der Waals surface area contributed by atoms with Crippen LogP contribution in [0.25, 0.3) is 0 Å². The van der Waals surface area contributed by atoms with E-state index in [1.54, 1.807) is 6.92 Å². The number of likely N-dealkylation sites (tertiary alicyclic amines) is 1. The molecule has 2 rings (SSSR count). The lowest BCUT2D eigenvalue weighted by molar-refractivity contribution is -0.139. The third-order valence-corrected chi connectivity index (χ3v) is 3.75. The summed E-state index contributed by atoms with van der Waals surface area (Å²) in [6.07, 6.45) is 4.76. The Morgan fingerprint density at radius 3 is 2.81 bits per heavy atom. The van der Waals surface area contributed by atoms with Crippen molar-refractivity contribution in [2.24, 2.45) is 0 Å². The zero-order chi connectivity index (χ0) is 11.5. The first kappa shape index (κ1) is 11.9. The molecule has 4 heteroatoms. The van der Waals surface area contributed by atoms with Crippen molar-refractivity contribution in [1.29, 1.82) is 0 Å². The van der Waals surface area contributed by atoms with Crippen molar-refractivity contribution >= 4 is 5.91 Å². The van der Waals surface area contributed by atoms with Crippen LogP contribution in [-0.2, 0) is 4.79 Å². The van der Waals surface area contributed by atoms with Gasteiger partial charge in [0.25, 0.3) is 0 Å². The molecule has 2 aliphatic heterocycles. The van der Waals surface area contributed by atoms with Gasteiger partial charge in [-0.25, -0.2) is 0 Å². The molecule has 16 heavy (non-hydrogen) atoms. The average molecular weight is 226 g/mol. The molecule has 0 aromatic rings. The Hall–Kier alpha value is -0.610. The van der Waals surface area contributed by atoms with Crippen LogP contribution in [0.3, 0.4) is 0 Å². The van der Waals surface area contributed by atoms with Gasteiger partial charge in [0.1, 0.15) is 0 Å². The van der Waals surface area contributed by atoms with E-state index in [-0.39, 0.29) is 18.0 Å². The molecule has 2 N–H and O–H groups in total. The maximum absolute atomic E-state index is 12.3. The van der Waals surface area contributed by atoms with Crippen molar-refractivity contribution in [1.82, 2.24) is 10.2 Å². The minimum Gasteiger partial charge on any atom is -0.391 e. The molecule has 2 aliphatic rings. The Kier molecular flexibility index (Phi) is 3.82. The number of aliphatic hydroxyl groups is 1. The van der Waals surface area contributed by atoms with Crippen LogP contribution in [0.4, 0.5) is 0 Å². The molecule has 0 saturated carbocycles. The predicted molar refractivity (Wildman–Crippen MR) is 62.1 cm³/mol. The predicted octanol–water partition coefficient (Wildman–Crippen LogP) is 0.500. The van der Waals surface area contributed by atoms with Crippen LogP contribution >= 0.6 is 0 Å². The smallest absolute Gasteiger partial charge is 0.240 e. The first-order valence-corrected chi connectivity index (χ1v) is 6.42. The van der Waals surface area contributed by atoms with Gasteiger partial charge in [-0.2, -0.15) is 0 Å². The van der Waals surface area contributed by atoms with Crippen LogP contribution in [0.1, 0.15) is 39.0 Å². The van der Waals surface area contributed by atoms with E-state index in [9.17, 15) is 9.90 Å². The molecule has 2 saturated heterocycles. The Bertz CT molecular complexity index is 249. The lowest BCUT2D eigenvalue weighted by atomic mass is 9.97. The first-order chi connectivity index (χ1) is 7.70. The largest absolute Gasteiger partial charge is 0.391 e. The first-order valence-electron chi connectivity index (χ1n) is 6.42. The molecule has 0 spiro atoms. The number of piperidine rings is 1. The lowest BCUT2D eigenvalue weighted by Gasteiger charge is -2.38. The number of rotatable bonds is 2. The Balaban J connectivity index is 2.01. The van der Waals surface area contributed by atoms with E-state index in [0.717, 1.165) is 45.2 Å². The maximum atomic E-state index is 12.3. The summed E-state index contributed by atoms with van der Waals surface area (Å²) in [4.78, 5) is 14.2. The summed E-state index contributed by atoms with van der Waals surface area (Å²) in [5.41, 5.74) is 0. The molecule has 0 aromatic carbocycles. The standard InChI is InChI=1S/C12H22N2O2/c1-9(15)11-6-2-3-8-14(11)12(16)10-5-4-7-13-10/h9-11,13,15H,2-8H2,1H3/t9-,10-,11-/m0/s1. The van der Waals surface area contributed by atoms with Gasteiger partial charge >= 0.3 is 0 Å². The highest BCUT2D eigenvalue weighted by atomic mass is 16.3. The van der Waals surface area contributed by atoms with Gasteiger partial charge in [-0.3, -0.25) is 4.79 Å². The number of hydrogen-bond acceptors (Lipinski definition) is 3. The molecular formula is C12H22N2O2. The summed E-state index contributed by atoms with van der Waals surface area (Å²) < 4.78 is 0. The topological polar surface area (TPSA) is 52.6 Å². The van der Waals surface area contributed by atoms with E-state index in [1.807, 2.05) is 4.90 Å². The summed E-state index contributed by atoms with van der Waals surface area (Å²) in [5.74, 6) is 0.197. The van der Waals surface area contributed by atoms with E-state index in [1.165, 1.54) is 0 Å². The van der Waals surface area contributed by atoms with Gasteiger partial charge in [0.2, 0.25) is 5.91 Å². The number of amides is 1. The maximum Gasteiger partial charge on any atom is 0.240 e. The fourth-order valence-electron chi connectivity index (χ4n) is 2.83. The molecular weight excluding hydrogens is 204 g/mol. The van der Waals surface area contributed by atoms with Gasteiger partial charge in [-0.05, 0) is 45.6 Å². The van der Waals surface area contributed by atoms with Crippen molar-refractivity contribution in [3.63, 3.8) is 0 Å². The number of nitrogens with one attached hydrogen (secondary N) is 1. The van der Waals surface area contributed by atoms with Crippen molar-refractivity contribution in [3.05, 3.63) is 0 Å². The lowest BCUT2D eigenvalue weighted by Crippen LogP contribution is -2.53. The van der Waals surface area contributed by atoms with Crippen LogP contribution in [-0.4, -0.2) is 47.2 Å². The quantitative estimate of drug-likeness (QED) is 0.721. The van der Waals surface area contributed by atoms with Crippen molar-refractivity contribution < 1.29 is 9.90 Å². The molecule has 0 radical (unpaired) electrons. The Morgan fingerprint density at radius 2 is 2.19 bits per heavy atom. The fraction of sp³-hybridized carbons (Fsp3) is 0.917. The summed E-state index contributed by atoms with van der Waals surface area (Å²) in [6, 6.07) is 0.0306. The van der Waals surface area contributed by atoms with Gasteiger partial charge in [0.05, 0.1) is 18.2 Å². The molecule has 1 amide bonds. The monoisotopic (exact) mass is 226 g/mol. The second-order valence-electron chi connectivity index (χ2n) is 4.98. The van der Waals surface area contributed by atoms with Gasteiger partial charge < -0.3 is 15.3 Å². The summed E-state index contributed by atoms with van der Waals surface area (Å²) >= 11 is 0. The zero-order valence-electron chi connectivity index (χ0n) is 9.98. The highest BCUT2D eigenvalue weighted by Gasteiger charge is 2.34. The molecule has 0 bridgehead atoms. The van der Waals surface area contributed by atoms with Crippen LogP contribution in [0.2, 0.25) is 0 Å². The minimum absolute atomic E-state index is 0.000602. The summed E-state index contributed by atoms with van der Waals surface area (Å²) in [6.45, 7) is 3.55. The van der Waals surface area contributed by atoms with E-state index in [4.69, 9.17) is 0 Å². The number of carbonyl (C=O) groups is 1. The highest BCUT2D eigenvalue weighted by Crippen LogP contribution is 2.22. The zero-order valence-corrected chi connectivity index (χ0v) is 9.98. The molecule has 2 fully saturated rings. The minimum atomic E-state index is -0.411. The number of nitrogens with zero attached hydrogens (tertiary/aromatic N) is 1. The fourth-order valence-corrected chi connectivity index (χ4v) is 2.83. The molecule has 4 nitrogen and oxygen atoms in total. The highest BCUT2D eigenvalue weighted by molar-refractivity contribution is 5.82. The van der Waals surface area contributed by atoms with Crippen molar-refractivity contribution in [2.45, 2.75) is 57.2 Å². The number of carbonyl (C=O) groups excluding carboxylic acids is 1. The average Bonchev–Trinajstić information content (AvgIpc) is 2.81. The Labute approximate surface area is 97.0 Å². The van der Waals surface area contributed by atoms with Crippen molar-refractivity contribution in [3.8, 4) is 0 Å². The molecule has 0 aromatic heterocycles. The van der Waals surface area contributed by atoms with Crippen molar-refractivity contribution in [2.75, 3.05) is 13.1 Å². The molecule has 92 valence electrons. The van der Waals surface area contributed by atoms with E-state index >= 15 is 0 Å². The summed E-state index contributed by atoms with van der Waals surface area (Å²) in [5, 5.41) is 13.0. The molecule has 0 unspecified atom stereocenters. The normalized spacial score (nSPS) is 32.8. The van der Waals surface area contributed by atoms with Crippen LogP contribution in [0.5, 0.6) is 0 Å². The molecule has 3 atom stereocenters. The third kappa shape index (κ3) is 2.38. The van der Waals surface area contributed by atoms with Gasteiger partial charge in [0.15, 0.2) is 0 Å². The second-order valence-corrected chi connectivity index (χ2v) is 4.98. The van der Waals surface area contributed by atoms with Gasteiger partial charge in [0, 0.05) is 6.54 Å². The summed E-state index contributed by atoms with van der Waals surface area (Å²) in [7, 11) is 0. The van der Waals surface area contributed by atoms with E-state index < -0.39 is 6.10 Å². The van der Waals surface area contributed by atoms with Crippen LogP contribution in [0, 0.1) is 0 Å². The third-order valence-electron chi connectivity index (χ3n) is 3.75. The Morgan fingerprint density at radius 1 is 1.38 bits per heavy atom. The molecule has 2 heterocycles. The van der Waals surface area contributed by atoms with Gasteiger partial charge in [-0.15, -0.1) is 0 Å². The SMILES string of the molecule is C[C@H](O)[C@@H]1CCCCN1C(=O)[C@@H]1CCCN1. The van der Waals surface area contributed by atoms with Gasteiger partial charge in [-0.1, -0.05) is 0 Å². The van der Waals surface area contributed by atoms with Crippen LogP contribution in [0.15, 0.2) is 0 Å². The number of aliphatic hydroxyl groups excluding tert-OH is 1. The number of hydrogen-bond donors (Lipinski definition) is 2. The van der Waals surface area contributed by atoms with Crippen LogP contribution < -0.4 is 5.32 Å². The second kappa shape index (κ2) is 5.15. The van der Waals surface area contributed by atoms with E-state index in [0.29, 0.717) is 0 Å². The molecule has 0 aliphatic carbocycles. The van der Waals surface area contributed by atoms with E-state index in [2.05, 4.69) is 5.32 Å².